The highest BCUT2D eigenvalue weighted by Crippen LogP contribution is 2.47. The molecule has 2 saturated carbocycles. The Kier molecular flexibility index (Phi) is 4.02. The molecule has 2 fully saturated rings. The van der Waals surface area contributed by atoms with Crippen LogP contribution in [0.5, 0.6) is 0 Å². The normalized spacial score (nSPS) is 31.2. The molecule has 0 aliphatic heterocycles. The smallest absolute Gasteiger partial charge is 0.0279 e. The van der Waals surface area contributed by atoms with Gasteiger partial charge in [0.25, 0.3) is 0 Å². The summed E-state index contributed by atoms with van der Waals surface area (Å²) in [7, 11) is 0. The number of fused-ring (bicyclic) bond motifs is 1. The number of hydrogen-bond acceptors (Lipinski definition) is 0. The van der Waals surface area contributed by atoms with Crippen molar-refractivity contribution >= 4 is 0 Å². The van der Waals surface area contributed by atoms with E-state index in [9.17, 15) is 0 Å². The van der Waals surface area contributed by atoms with Crippen molar-refractivity contribution in [3.63, 3.8) is 0 Å². The van der Waals surface area contributed by atoms with E-state index in [-0.39, 0.29) is 0 Å². The van der Waals surface area contributed by atoms with Gasteiger partial charge in [-0.25, -0.2) is 0 Å². The molecule has 0 saturated heterocycles. The second-order valence-corrected chi connectivity index (χ2v) is 6.42. The van der Waals surface area contributed by atoms with Crippen molar-refractivity contribution in [2.24, 2.45) is 17.8 Å². The maximum absolute atomic E-state index is 2.28. The van der Waals surface area contributed by atoms with Crippen LogP contribution in [0.25, 0.3) is 0 Å². The Morgan fingerprint density at radius 2 is 1.72 bits per heavy atom. The van der Waals surface area contributed by atoms with Gasteiger partial charge in [-0.2, -0.15) is 0 Å². The molecular weight excluding hydrogens is 216 g/mol. The van der Waals surface area contributed by atoms with E-state index in [4.69, 9.17) is 0 Å². The molecule has 3 atom stereocenters. The van der Waals surface area contributed by atoms with Gasteiger partial charge >= 0.3 is 0 Å². The van der Waals surface area contributed by atoms with Crippen LogP contribution in [0.15, 0.2) is 30.3 Å². The lowest BCUT2D eigenvalue weighted by molar-refractivity contribution is 0.219. The van der Waals surface area contributed by atoms with Gasteiger partial charge in [0.05, 0.1) is 0 Å². The van der Waals surface area contributed by atoms with Crippen molar-refractivity contribution < 1.29 is 0 Å². The third-order valence-corrected chi connectivity index (χ3v) is 5.36. The van der Waals surface area contributed by atoms with Crippen molar-refractivity contribution in [2.75, 3.05) is 0 Å². The predicted octanol–water partition coefficient (Wildman–Crippen LogP) is 5.23. The maximum atomic E-state index is 2.28. The molecular formula is C18H26. The summed E-state index contributed by atoms with van der Waals surface area (Å²) in [5.74, 6) is 3.29. The Morgan fingerprint density at radius 1 is 0.889 bits per heavy atom. The van der Waals surface area contributed by atoms with E-state index in [1.54, 1.807) is 19.3 Å². The molecule has 0 radical (unpaired) electrons. The summed E-state index contributed by atoms with van der Waals surface area (Å²) < 4.78 is 0. The molecule has 1 aromatic rings. The summed E-state index contributed by atoms with van der Waals surface area (Å²) in [5.41, 5.74) is 1.52. The fraction of sp³-hybridized carbons (Fsp3) is 0.667. The van der Waals surface area contributed by atoms with E-state index in [2.05, 4.69) is 30.3 Å². The van der Waals surface area contributed by atoms with E-state index in [0.29, 0.717) is 0 Å². The lowest BCUT2D eigenvalue weighted by Crippen LogP contribution is -2.19. The Balaban J connectivity index is 1.46. The van der Waals surface area contributed by atoms with Crippen molar-refractivity contribution in [3.8, 4) is 0 Å². The maximum Gasteiger partial charge on any atom is -0.0279 e. The molecule has 2 aliphatic carbocycles. The average Bonchev–Trinajstić information content (AvgIpc) is 2.84. The molecule has 0 N–H and O–H groups in total. The van der Waals surface area contributed by atoms with Gasteiger partial charge in [0.2, 0.25) is 0 Å². The fourth-order valence-electron chi connectivity index (χ4n) is 4.43. The monoisotopic (exact) mass is 242 g/mol. The summed E-state index contributed by atoms with van der Waals surface area (Å²) in [6, 6.07) is 11.0. The SMILES string of the molecule is c1ccc(CCCC2CCC3CCCCC32)cc1. The molecule has 0 amide bonds. The van der Waals surface area contributed by atoms with E-state index in [0.717, 1.165) is 17.8 Å². The number of aryl methyl sites for hydroxylation is 1. The number of rotatable bonds is 4. The Morgan fingerprint density at radius 3 is 2.61 bits per heavy atom. The van der Waals surface area contributed by atoms with Gasteiger partial charge in [0.1, 0.15) is 0 Å². The van der Waals surface area contributed by atoms with Gasteiger partial charge in [0, 0.05) is 0 Å². The molecule has 0 bridgehead atoms. The first-order chi connectivity index (χ1) is 8.93. The second-order valence-electron chi connectivity index (χ2n) is 6.42. The number of benzene rings is 1. The molecule has 3 rings (SSSR count). The topological polar surface area (TPSA) is 0 Å². The highest BCUT2D eigenvalue weighted by Gasteiger charge is 2.36. The minimum atomic E-state index is 1.07. The van der Waals surface area contributed by atoms with Crippen LogP contribution in [-0.2, 0) is 6.42 Å². The van der Waals surface area contributed by atoms with Crippen LogP contribution in [0.3, 0.4) is 0 Å². The van der Waals surface area contributed by atoms with Gasteiger partial charge in [0.15, 0.2) is 0 Å². The first-order valence-corrected chi connectivity index (χ1v) is 7.97. The van der Waals surface area contributed by atoms with Crippen LogP contribution in [0.1, 0.15) is 56.9 Å². The third-order valence-electron chi connectivity index (χ3n) is 5.36. The van der Waals surface area contributed by atoms with E-state index < -0.39 is 0 Å². The van der Waals surface area contributed by atoms with Crippen LogP contribution in [-0.4, -0.2) is 0 Å². The molecule has 0 nitrogen and oxygen atoms in total. The van der Waals surface area contributed by atoms with Crippen molar-refractivity contribution in [2.45, 2.75) is 57.8 Å². The number of hydrogen-bond donors (Lipinski definition) is 0. The molecule has 0 heteroatoms. The first kappa shape index (κ1) is 12.3. The Labute approximate surface area is 112 Å². The Bertz CT molecular complexity index is 354. The van der Waals surface area contributed by atoms with Gasteiger partial charge in [-0.15, -0.1) is 0 Å². The zero-order chi connectivity index (χ0) is 12.2. The van der Waals surface area contributed by atoms with Crippen LogP contribution >= 0.6 is 0 Å². The van der Waals surface area contributed by atoms with Crippen LogP contribution in [0.2, 0.25) is 0 Å². The largest absolute Gasteiger partial charge is 0.0622 e. The molecule has 0 heterocycles. The summed E-state index contributed by atoms with van der Waals surface area (Å²) in [4.78, 5) is 0. The van der Waals surface area contributed by atoms with E-state index in [1.165, 1.54) is 44.1 Å². The highest BCUT2D eigenvalue weighted by molar-refractivity contribution is 5.14. The molecule has 0 spiro atoms. The standard InChI is InChI=1S/C18H26/c1-2-7-15(8-3-1)9-6-11-17-14-13-16-10-4-5-12-18(16)17/h1-3,7-8,16-18H,4-6,9-14H2. The lowest BCUT2D eigenvalue weighted by atomic mass is 9.77. The van der Waals surface area contributed by atoms with Gasteiger partial charge in [-0.1, -0.05) is 49.6 Å². The van der Waals surface area contributed by atoms with Gasteiger partial charge in [-0.3, -0.25) is 0 Å². The highest BCUT2D eigenvalue weighted by atomic mass is 14.4. The zero-order valence-corrected chi connectivity index (χ0v) is 11.5. The van der Waals surface area contributed by atoms with Gasteiger partial charge < -0.3 is 0 Å². The summed E-state index contributed by atoms with van der Waals surface area (Å²) >= 11 is 0. The quantitative estimate of drug-likeness (QED) is 0.678. The molecule has 2 aliphatic rings. The molecule has 0 aromatic heterocycles. The Hall–Kier alpha value is -0.780. The summed E-state index contributed by atoms with van der Waals surface area (Å²) in [5, 5.41) is 0. The predicted molar refractivity (Wildman–Crippen MR) is 77.6 cm³/mol. The van der Waals surface area contributed by atoms with Crippen molar-refractivity contribution in [1.29, 1.82) is 0 Å². The summed E-state index contributed by atoms with van der Waals surface area (Å²) in [6.45, 7) is 0. The lowest BCUT2D eigenvalue weighted by Gasteiger charge is -2.29. The minimum Gasteiger partial charge on any atom is -0.0622 e. The third kappa shape index (κ3) is 2.79. The average molecular weight is 242 g/mol. The van der Waals surface area contributed by atoms with Gasteiger partial charge in [-0.05, 0) is 61.8 Å². The minimum absolute atomic E-state index is 1.07. The first-order valence-electron chi connectivity index (χ1n) is 7.97. The molecule has 1 aromatic carbocycles. The molecule has 3 unspecified atom stereocenters. The van der Waals surface area contributed by atoms with Crippen LogP contribution in [0, 0.1) is 17.8 Å². The second kappa shape index (κ2) is 5.91. The van der Waals surface area contributed by atoms with Crippen LogP contribution < -0.4 is 0 Å². The van der Waals surface area contributed by atoms with E-state index >= 15 is 0 Å². The van der Waals surface area contributed by atoms with Crippen molar-refractivity contribution in [1.82, 2.24) is 0 Å². The molecule has 18 heavy (non-hydrogen) atoms. The van der Waals surface area contributed by atoms with E-state index in [1.807, 2.05) is 0 Å². The fourth-order valence-corrected chi connectivity index (χ4v) is 4.43. The zero-order valence-electron chi connectivity index (χ0n) is 11.5. The molecule has 98 valence electrons. The van der Waals surface area contributed by atoms with Crippen molar-refractivity contribution in [3.05, 3.63) is 35.9 Å². The van der Waals surface area contributed by atoms with Crippen LogP contribution in [0.4, 0.5) is 0 Å². The summed E-state index contributed by atoms with van der Waals surface area (Å²) in [6.07, 6.45) is 13.3.